The first kappa shape index (κ1) is 18.1. The topological polar surface area (TPSA) is 59.5 Å². The van der Waals surface area contributed by atoms with Crippen LogP contribution in [0.3, 0.4) is 0 Å². The van der Waals surface area contributed by atoms with Crippen LogP contribution in [-0.2, 0) is 9.53 Å². The van der Waals surface area contributed by atoms with E-state index in [0.717, 1.165) is 42.8 Å². The van der Waals surface area contributed by atoms with E-state index in [4.69, 9.17) is 4.74 Å². The number of hydrogen-bond donors (Lipinski definition) is 0. The number of rotatable bonds is 5. The third kappa shape index (κ3) is 4.10. The van der Waals surface area contributed by atoms with E-state index in [1.807, 2.05) is 21.7 Å². The van der Waals surface area contributed by atoms with Gasteiger partial charge in [-0.25, -0.2) is 9.78 Å². The van der Waals surface area contributed by atoms with Gasteiger partial charge >= 0.3 is 5.97 Å². The first-order valence-electron chi connectivity index (χ1n) is 8.59. The molecule has 134 valence electrons. The van der Waals surface area contributed by atoms with Crippen molar-refractivity contribution in [3.63, 3.8) is 0 Å². The van der Waals surface area contributed by atoms with Crippen molar-refractivity contribution in [2.75, 3.05) is 6.54 Å². The predicted octanol–water partition coefficient (Wildman–Crippen LogP) is 4.21. The van der Waals surface area contributed by atoms with Gasteiger partial charge in [0.15, 0.2) is 11.8 Å². The Kier molecular flexibility index (Phi) is 5.86. The minimum Gasteiger partial charge on any atom is -0.448 e. The maximum absolute atomic E-state index is 12.7. The van der Waals surface area contributed by atoms with Gasteiger partial charge in [0.05, 0.1) is 0 Å². The number of piperidine rings is 1. The lowest BCUT2D eigenvalue weighted by molar-refractivity contribution is -0.143. The van der Waals surface area contributed by atoms with Crippen LogP contribution in [0.5, 0.6) is 0 Å². The van der Waals surface area contributed by atoms with Crippen molar-refractivity contribution in [3.8, 4) is 10.6 Å². The molecule has 5 nitrogen and oxygen atoms in total. The van der Waals surface area contributed by atoms with E-state index in [1.54, 1.807) is 23.6 Å². The molecule has 0 saturated carbocycles. The van der Waals surface area contributed by atoms with E-state index < -0.39 is 12.1 Å². The summed E-state index contributed by atoms with van der Waals surface area (Å²) in [5, 5.41) is 6.43. The molecule has 25 heavy (non-hydrogen) atoms. The van der Waals surface area contributed by atoms with Gasteiger partial charge in [-0.1, -0.05) is 6.92 Å². The second kappa shape index (κ2) is 8.10. The lowest BCUT2D eigenvalue weighted by Crippen LogP contribution is -2.48. The molecule has 1 fully saturated rings. The van der Waals surface area contributed by atoms with Crippen LogP contribution < -0.4 is 0 Å². The first-order chi connectivity index (χ1) is 12.1. The van der Waals surface area contributed by atoms with Crippen LogP contribution in [0.2, 0.25) is 0 Å². The molecule has 0 aliphatic carbocycles. The summed E-state index contributed by atoms with van der Waals surface area (Å²) in [5.74, 6) is -0.642. The summed E-state index contributed by atoms with van der Waals surface area (Å²) in [5.41, 5.74) is 1.26. The Morgan fingerprint density at radius 1 is 1.40 bits per heavy atom. The van der Waals surface area contributed by atoms with Crippen molar-refractivity contribution in [2.24, 2.45) is 0 Å². The van der Waals surface area contributed by atoms with E-state index >= 15 is 0 Å². The number of carbonyl (C=O) groups excluding carboxylic acids is 2. The zero-order chi connectivity index (χ0) is 17.8. The number of likely N-dealkylation sites (tertiary alicyclic amines) is 1. The van der Waals surface area contributed by atoms with Crippen LogP contribution in [0, 0.1) is 0 Å². The van der Waals surface area contributed by atoms with Gasteiger partial charge in [-0.3, -0.25) is 4.79 Å². The van der Waals surface area contributed by atoms with Crippen molar-refractivity contribution >= 4 is 34.6 Å². The predicted molar refractivity (Wildman–Crippen MR) is 99.9 cm³/mol. The summed E-state index contributed by atoms with van der Waals surface area (Å²) in [6.07, 6.45) is 3.34. The maximum atomic E-state index is 12.7. The highest BCUT2D eigenvalue weighted by Gasteiger charge is 2.31. The molecule has 3 rings (SSSR count). The van der Waals surface area contributed by atoms with Gasteiger partial charge < -0.3 is 9.64 Å². The Balaban J connectivity index is 1.63. The minimum atomic E-state index is -0.786. The van der Waals surface area contributed by atoms with Gasteiger partial charge in [-0.15, -0.1) is 11.3 Å². The Morgan fingerprint density at radius 3 is 2.96 bits per heavy atom. The monoisotopic (exact) mass is 378 g/mol. The SMILES string of the molecule is CCC1CCCCN1C(=O)C(C)OC(=O)c1csc(-c2ccsc2)n1. The second-order valence-corrected chi connectivity index (χ2v) is 7.83. The van der Waals surface area contributed by atoms with Crippen LogP contribution in [0.25, 0.3) is 10.6 Å². The van der Waals surface area contributed by atoms with E-state index in [0.29, 0.717) is 0 Å². The molecule has 2 atom stereocenters. The van der Waals surface area contributed by atoms with Crippen LogP contribution >= 0.6 is 22.7 Å². The highest BCUT2D eigenvalue weighted by Crippen LogP contribution is 2.26. The summed E-state index contributed by atoms with van der Waals surface area (Å²) >= 11 is 2.99. The molecule has 0 N–H and O–H groups in total. The number of amides is 1. The maximum Gasteiger partial charge on any atom is 0.358 e. The van der Waals surface area contributed by atoms with Gasteiger partial charge in [0, 0.05) is 28.9 Å². The highest BCUT2D eigenvalue weighted by atomic mass is 32.1. The molecule has 2 unspecified atom stereocenters. The fourth-order valence-electron chi connectivity index (χ4n) is 3.11. The van der Waals surface area contributed by atoms with Crippen molar-refractivity contribution in [2.45, 2.75) is 51.7 Å². The fourth-order valence-corrected chi connectivity index (χ4v) is 4.61. The Hall–Kier alpha value is -1.73. The number of hydrogen-bond acceptors (Lipinski definition) is 6. The third-order valence-corrected chi connectivity index (χ3v) is 6.07. The minimum absolute atomic E-state index is 0.104. The van der Waals surface area contributed by atoms with E-state index in [9.17, 15) is 9.59 Å². The second-order valence-electron chi connectivity index (χ2n) is 6.19. The molecular formula is C18H22N2O3S2. The number of thiophene rings is 1. The number of thiazole rings is 1. The Morgan fingerprint density at radius 2 is 2.24 bits per heavy atom. The van der Waals surface area contributed by atoms with Crippen LogP contribution in [0.15, 0.2) is 22.2 Å². The molecular weight excluding hydrogens is 356 g/mol. The quantitative estimate of drug-likeness (QED) is 0.731. The summed E-state index contributed by atoms with van der Waals surface area (Å²) in [6, 6.07) is 2.22. The molecule has 1 aliphatic rings. The number of carbonyl (C=O) groups is 2. The van der Waals surface area contributed by atoms with Gasteiger partial charge in [-0.2, -0.15) is 11.3 Å². The number of nitrogens with zero attached hydrogens (tertiary/aromatic N) is 2. The average molecular weight is 379 g/mol. The third-order valence-electron chi connectivity index (χ3n) is 4.49. The lowest BCUT2D eigenvalue weighted by Gasteiger charge is -2.36. The molecule has 7 heteroatoms. The van der Waals surface area contributed by atoms with E-state index in [-0.39, 0.29) is 17.6 Å². The Labute approximate surface area is 155 Å². The fraction of sp³-hybridized carbons (Fsp3) is 0.500. The molecule has 0 aromatic carbocycles. The van der Waals surface area contributed by atoms with Crippen molar-refractivity contribution < 1.29 is 14.3 Å². The number of esters is 1. The Bertz CT molecular complexity index is 727. The summed E-state index contributed by atoms with van der Waals surface area (Å²) in [4.78, 5) is 31.2. The van der Waals surface area contributed by atoms with Crippen molar-refractivity contribution in [1.82, 2.24) is 9.88 Å². The summed E-state index contributed by atoms with van der Waals surface area (Å²) in [7, 11) is 0. The van der Waals surface area contributed by atoms with Gasteiger partial charge in [0.2, 0.25) is 0 Å². The average Bonchev–Trinajstić information content (AvgIpc) is 3.32. The van der Waals surface area contributed by atoms with E-state index in [2.05, 4.69) is 11.9 Å². The zero-order valence-electron chi connectivity index (χ0n) is 14.4. The molecule has 0 bridgehead atoms. The molecule has 2 aromatic rings. The smallest absolute Gasteiger partial charge is 0.358 e. The molecule has 1 aliphatic heterocycles. The molecule has 1 saturated heterocycles. The van der Waals surface area contributed by atoms with E-state index in [1.165, 1.54) is 11.3 Å². The summed E-state index contributed by atoms with van der Waals surface area (Å²) < 4.78 is 5.39. The van der Waals surface area contributed by atoms with Crippen LogP contribution in [-0.4, -0.2) is 40.5 Å². The van der Waals surface area contributed by atoms with Crippen LogP contribution in [0.1, 0.15) is 50.0 Å². The molecule has 1 amide bonds. The van der Waals surface area contributed by atoms with Gasteiger partial charge in [-0.05, 0) is 44.1 Å². The van der Waals surface area contributed by atoms with Gasteiger partial charge in [0.25, 0.3) is 5.91 Å². The first-order valence-corrected chi connectivity index (χ1v) is 10.4. The van der Waals surface area contributed by atoms with Crippen molar-refractivity contribution in [3.05, 3.63) is 27.9 Å². The van der Waals surface area contributed by atoms with Gasteiger partial charge in [0.1, 0.15) is 5.01 Å². The standard InChI is InChI=1S/C18H22N2O3S2/c1-3-14-6-4-5-8-20(14)17(21)12(2)23-18(22)15-11-25-16(19-15)13-7-9-24-10-13/h7,9-12,14H,3-6,8H2,1-2H3. The summed E-state index contributed by atoms with van der Waals surface area (Å²) in [6.45, 7) is 4.49. The molecule has 3 heterocycles. The molecule has 0 spiro atoms. The largest absolute Gasteiger partial charge is 0.448 e. The molecule has 0 radical (unpaired) electrons. The van der Waals surface area contributed by atoms with Crippen molar-refractivity contribution in [1.29, 1.82) is 0 Å². The lowest BCUT2D eigenvalue weighted by atomic mass is 9.99. The number of ether oxygens (including phenoxy) is 1. The number of aromatic nitrogens is 1. The highest BCUT2D eigenvalue weighted by molar-refractivity contribution is 7.14. The zero-order valence-corrected chi connectivity index (χ0v) is 16.1. The molecule has 2 aromatic heterocycles. The normalized spacial score (nSPS) is 18.8. The van der Waals surface area contributed by atoms with Crippen LogP contribution in [0.4, 0.5) is 0 Å².